The lowest BCUT2D eigenvalue weighted by Crippen LogP contribution is -2.45. The molecule has 2 aliphatic carbocycles. The van der Waals surface area contributed by atoms with Crippen LogP contribution in [0.3, 0.4) is 0 Å². The Bertz CT molecular complexity index is 942. The highest BCUT2D eigenvalue weighted by atomic mass is 16.2. The summed E-state index contributed by atoms with van der Waals surface area (Å²) in [6.07, 6.45) is 5.22. The molecule has 5 heteroatoms. The monoisotopic (exact) mass is 406 g/mol. The molecule has 0 bridgehead atoms. The van der Waals surface area contributed by atoms with Gasteiger partial charge in [0.15, 0.2) is 0 Å². The number of ketones is 1. The number of fused-ring (bicyclic) bond motifs is 3. The largest absolute Gasteiger partial charge is 0.371 e. The number of piperidine rings is 2. The first kappa shape index (κ1) is 19.5. The number of allylic oxidation sites excluding steroid dienone is 1. The fraction of sp³-hybridized carbons (Fsp3) is 0.560. The molecule has 1 aromatic carbocycles. The zero-order valence-electron chi connectivity index (χ0n) is 17.7. The lowest BCUT2D eigenvalue weighted by atomic mass is 9.71. The first-order valence-corrected chi connectivity index (χ1v) is 11.3. The minimum absolute atomic E-state index is 0.111. The van der Waals surface area contributed by atoms with Gasteiger partial charge in [-0.3, -0.25) is 19.7 Å². The van der Waals surface area contributed by atoms with Gasteiger partial charge in [0, 0.05) is 49.4 Å². The number of anilines is 1. The molecule has 3 fully saturated rings. The van der Waals surface area contributed by atoms with E-state index in [-0.39, 0.29) is 23.1 Å². The van der Waals surface area contributed by atoms with E-state index in [0.29, 0.717) is 43.3 Å². The second-order valence-electron chi connectivity index (χ2n) is 9.68. The van der Waals surface area contributed by atoms with Crippen molar-refractivity contribution in [3.63, 3.8) is 0 Å². The number of imide groups is 1. The highest BCUT2D eigenvalue weighted by Gasteiger charge is 2.64. The molecule has 2 amide bonds. The Balaban J connectivity index is 1.49. The third-order valence-electron chi connectivity index (χ3n) is 8.06. The van der Waals surface area contributed by atoms with Crippen molar-refractivity contribution in [1.29, 1.82) is 0 Å². The van der Waals surface area contributed by atoms with Crippen molar-refractivity contribution in [2.75, 3.05) is 18.0 Å². The molecule has 158 valence electrons. The van der Waals surface area contributed by atoms with Gasteiger partial charge in [0.2, 0.25) is 11.8 Å². The van der Waals surface area contributed by atoms with Crippen LogP contribution >= 0.6 is 0 Å². The van der Waals surface area contributed by atoms with E-state index < -0.39 is 0 Å². The number of benzene rings is 1. The van der Waals surface area contributed by atoms with Gasteiger partial charge in [-0.2, -0.15) is 0 Å². The number of nitrogens with zero attached hydrogens (tertiary/aromatic N) is 1. The summed E-state index contributed by atoms with van der Waals surface area (Å²) in [5.74, 6) is 0.685. The van der Waals surface area contributed by atoms with Crippen molar-refractivity contribution in [2.24, 2.45) is 11.3 Å². The zero-order chi connectivity index (χ0) is 21.0. The van der Waals surface area contributed by atoms with Crippen LogP contribution in [0.25, 0.3) is 0 Å². The van der Waals surface area contributed by atoms with Crippen molar-refractivity contribution in [2.45, 2.75) is 63.7 Å². The van der Waals surface area contributed by atoms with E-state index in [9.17, 15) is 14.4 Å². The van der Waals surface area contributed by atoms with Crippen LogP contribution in [0, 0.1) is 11.3 Å². The second kappa shape index (κ2) is 7.07. The van der Waals surface area contributed by atoms with Crippen LogP contribution in [0.5, 0.6) is 0 Å². The third-order valence-corrected chi connectivity index (χ3v) is 8.06. The zero-order valence-corrected chi connectivity index (χ0v) is 17.7. The number of carbonyl (C=O) groups excluding carboxylic acids is 3. The molecule has 4 atom stereocenters. The number of Topliss-reactive ketones (excluding diaryl/α,β-unsaturated/α-hetero) is 1. The van der Waals surface area contributed by atoms with Gasteiger partial charge in [0.1, 0.15) is 5.78 Å². The van der Waals surface area contributed by atoms with E-state index in [1.165, 1.54) is 22.4 Å². The van der Waals surface area contributed by atoms with Crippen molar-refractivity contribution < 1.29 is 14.4 Å². The normalized spacial score (nSPS) is 33.9. The molecule has 0 spiro atoms. The van der Waals surface area contributed by atoms with Gasteiger partial charge in [-0.05, 0) is 60.8 Å². The number of hydrogen-bond acceptors (Lipinski definition) is 4. The molecule has 4 unspecified atom stereocenters. The van der Waals surface area contributed by atoms with E-state index in [0.717, 1.165) is 32.4 Å². The van der Waals surface area contributed by atoms with Crippen molar-refractivity contribution >= 4 is 23.3 Å². The van der Waals surface area contributed by atoms with Gasteiger partial charge in [0.05, 0.1) is 0 Å². The Morgan fingerprint density at radius 2 is 1.77 bits per heavy atom. The van der Waals surface area contributed by atoms with E-state index in [2.05, 4.69) is 41.9 Å². The van der Waals surface area contributed by atoms with Crippen molar-refractivity contribution in [1.82, 2.24) is 5.32 Å². The van der Waals surface area contributed by atoms with Crippen molar-refractivity contribution in [3.8, 4) is 0 Å². The van der Waals surface area contributed by atoms with Gasteiger partial charge in [-0.25, -0.2) is 0 Å². The molecular formula is C25H30N2O3. The Morgan fingerprint density at radius 3 is 2.50 bits per heavy atom. The lowest BCUT2D eigenvalue weighted by Gasteiger charge is -2.35. The second-order valence-corrected chi connectivity index (χ2v) is 9.68. The molecule has 5 nitrogen and oxygen atoms in total. The maximum Gasteiger partial charge on any atom is 0.230 e. The molecule has 2 heterocycles. The van der Waals surface area contributed by atoms with Crippen LogP contribution in [-0.4, -0.2) is 30.7 Å². The standard InChI is InChI=1S/C25H30N2O3/c1-15-3-4-16(2)25(21-7-8-23(29)26-24(21)30)14-22(25)19-6-5-17(13-20(15)19)27-11-9-18(28)10-12-27/h5-6,13,15,21-22H,2-4,7-12,14H2,1H3,(H,26,29,30). The summed E-state index contributed by atoms with van der Waals surface area (Å²) in [5.41, 5.74) is 4.94. The first-order valence-electron chi connectivity index (χ1n) is 11.3. The molecule has 30 heavy (non-hydrogen) atoms. The Labute approximate surface area is 177 Å². The average Bonchev–Trinajstić information content (AvgIpc) is 3.47. The Hall–Kier alpha value is -2.43. The predicted octanol–water partition coefficient (Wildman–Crippen LogP) is 3.84. The average molecular weight is 407 g/mol. The summed E-state index contributed by atoms with van der Waals surface area (Å²) in [7, 11) is 0. The van der Waals surface area contributed by atoms with Crippen LogP contribution in [0.15, 0.2) is 30.4 Å². The minimum atomic E-state index is -0.196. The smallest absolute Gasteiger partial charge is 0.230 e. The van der Waals surface area contributed by atoms with Crippen LogP contribution in [-0.2, 0) is 14.4 Å². The summed E-state index contributed by atoms with van der Waals surface area (Å²) in [5, 5.41) is 2.57. The molecule has 0 radical (unpaired) electrons. The number of amides is 2. The molecule has 0 aromatic heterocycles. The van der Waals surface area contributed by atoms with Gasteiger partial charge < -0.3 is 4.90 Å². The van der Waals surface area contributed by atoms with Crippen molar-refractivity contribution in [3.05, 3.63) is 41.5 Å². The summed E-state index contributed by atoms with van der Waals surface area (Å²) >= 11 is 0. The number of hydrogen-bond donors (Lipinski definition) is 1. The SMILES string of the molecule is C=C1CCC(C)c2cc(N3CCC(=O)CC3)ccc2C2CC12C1CCC(=O)NC1=O. The topological polar surface area (TPSA) is 66.5 Å². The number of carbonyl (C=O) groups is 3. The molecular weight excluding hydrogens is 376 g/mol. The van der Waals surface area contributed by atoms with Crippen LogP contribution in [0.4, 0.5) is 5.69 Å². The molecule has 2 aliphatic heterocycles. The quantitative estimate of drug-likeness (QED) is 0.599. The molecule has 4 aliphatic rings. The van der Waals surface area contributed by atoms with Gasteiger partial charge >= 0.3 is 0 Å². The molecule has 1 saturated carbocycles. The fourth-order valence-electron chi connectivity index (χ4n) is 6.17. The first-order chi connectivity index (χ1) is 14.4. The number of rotatable bonds is 2. The molecule has 5 rings (SSSR count). The Kier molecular flexibility index (Phi) is 4.60. The van der Waals surface area contributed by atoms with Gasteiger partial charge in [0.25, 0.3) is 0 Å². The summed E-state index contributed by atoms with van der Waals surface area (Å²) in [4.78, 5) is 38.4. The predicted molar refractivity (Wildman–Crippen MR) is 115 cm³/mol. The number of nitrogens with one attached hydrogen (secondary N) is 1. The lowest BCUT2D eigenvalue weighted by molar-refractivity contribution is -0.138. The summed E-state index contributed by atoms with van der Waals surface area (Å²) in [6, 6.07) is 6.78. The van der Waals surface area contributed by atoms with E-state index >= 15 is 0 Å². The summed E-state index contributed by atoms with van der Waals surface area (Å²) in [6.45, 7) is 8.32. The Morgan fingerprint density at radius 1 is 1.00 bits per heavy atom. The van der Waals surface area contributed by atoms with Crippen LogP contribution in [0.1, 0.15) is 74.8 Å². The third kappa shape index (κ3) is 3.01. The molecule has 1 aromatic rings. The van der Waals surface area contributed by atoms with Gasteiger partial charge in [-0.15, -0.1) is 0 Å². The summed E-state index contributed by atoms with van der Waals surface area (Å²) < 4.78 is 0. The maximum atomic E-state index is 12.7. The van der Waals surface area contributed by atoms with Gasteiger partial charge in [-0.1, -0.05) is 25.1 Å². The van der Waals surface area contributed by atoms with E-state index in [1.54, 1.807) is 0 Å². The highest BCUT2D eigenvalue weighted by molar-refractivity contribution is 5.99. The van der Waals surface area contributed by atoms with E-state index in [1.807, 2.05) is 0 Å². The minimum Gasteiger partial charge on any atom is -0.371 e. The fourth-order valence-corrected chi connectivity index (χ4v) is 6.17. The van der Waals surface area contributed by atoms with Crippen LogP contribution < -0.4 is 10.2 Å². The highest BCUT2D eigenvalue weighted by Crippen LogP contribution is 2.71. The van der Waals surface area contributed by atoms with E-state index in [4.69, 9.17) is 0 Å². The molecule has 1 N–H and O–H groups in total. The maximum absolute atomic E-state index is 12.7. The molecule has 2 saturated heterocycles. The van der Waals surface area contributed by atoms with Crippen LogP contribution in [0.2, 0.25) is 0 Å².